The molecule has 0 fully saturated rings. The molecule has 0 aliphatic heterocycles. The molecular weight excluding hydrogens is 260 g/mol. The van der Waals surface area contributed by atoms with Crippen molar-refractivity contribution in [3.63, 3.8) is 0 Å². The molecule has 3 nitrogen and oxygen atoms in total. The highest BCUT2D eigenvalue weighted by atomic mass is 16.1. The molecule has 0 atom stereocenters. The van der Waals surface area contributed by atoms with E-state index in [0.29, 0.717) is 6.42 Å². The molecule has 21 heavy (non-hydrogen) atoms. The third-order valence-electron chi connectivity index (χ3n) is 3.45. The summed E-state index contributed by atoms with van der Waals surface area (Å²) in [7, 11) is 0. The van der Waals surface area contributed by atoms with E-state index in [9.17, 15) is 4.79 Å². The Morgan fingerprint density at radius 1 is 1.10 bits per heavy atom. The van der Waals surface area contributed by atoms with Crippen molar-refractivity contribution < 1.29 is 4.79 Å². The molecule has 0 saturated heterocycles. The number of rotatable bonds is 7. The summed E-state index contributed by atoms with van der Waals surface area (Å²) >= 11 is 0. The summed E-state index contributed by atoms with van der Waals surface area (Å²) in [6.45, 7) is 2.79. The van der Waals surface area contributed by atoms with Gasteiger partial charge in [-0.2, -0.15) is 0 Å². The van der Waals surface area contributed by atoms with Crippen LogP contribution in [0.2, 0.25) is 0 Å². The third kappa shape index (κ3) is 5.78. The first-order valence-electron chi connectivity index (χ1n) is 7.45. The van der Waals surface area contributed by atoms with Gasteiger partial charge in [-0.25, -0.2) is 0 Å². The van der Waals surface area contributed by atoms with Gasteiger partial charge in [0.1, 0.15) is 0 Å². The fourth-order valence-corrected chi connectivity index (χ4v) is 2.17. The molecule has 0 unspecified atom stereocenters. The van der Waals surface area contributed by atoms with Crippen molar-refractivity contribution in [1.82, 2.24) is 10.3 Å². The Morgan fingerprint density at radius 3 is 2.62 bits per heavy atom. The van der Waals surface area contributed by atoms with E-state index in [4.69, 9.17) is 0 Å². The minimum absolute atomic E-state index is 0.127. The minimum Gasteiger partial charge on any atom is -0.356 e. The van der Waals surface area contributed by atoms with E-state index in [1.54, 1.807) is 6.20 Å². The van der Waals surface area contributed by atoms with E-state index in [2.05, 4.69) is 47.6 Å². The highest BCUT2D eigenvalue weighted by Gasteiger charge is 2.02. The fourth-order valence-electron chi connectivity index (χ4n) is 2.17. The first-order chi connectivity index (χ1) is 10.2. The van der Waals surface area contributed by atoms with Crippen LogP contribution in [-0.2, 0) is 17.6 Å². The van der Waals surface area contributed by atoms with Gasteiger partial charge in [-0.3, -0.25) is 9.78 Å². The van der Waals surface area contributed by atoms with Crippen molar-refractivity contribution in [3.05, 3.63) is 65.5 Å². The number of carbonyl (C=O) groups is 1. The number of benzene rings is 1. The van der Waals surface area contributed by atoms with Crippen molar-refractivity contribution in [2.24, 2.45) is 0 Å². The van der Waals surface area contributed by atoms with E-state index in [1.165, 1.54) is 16.7 Å². The van der Waals surface area contributed by atoms with Gasteiger partial charge in [0.05, 0.1) is 0 Å². The highest BCUT2D eigenvalue weighted by molar-refractivity contribution is 5.76. The molecule has 2 aromatic rings. The molecule has 1 amide bonds. The average molecular weight is 282 g/mol. The minimum atomic E-state index is 0.127. The van der Waals surface area contributed by atoms with Crippen LogP contribution in [0.25, 0.3) is 0 Å². The molecule has 0 spiro atoms. The number of hydrogen-bond acceptors (Lipinski definition) is 2. The quantitative estimate of drug-likeness (QED) is 0.793. The van der Waals surface area contributed by atoms with Crippen LogP contribution in [0.1, 0.15) is 29.5 Å². The molecule has 3 heteroatoms. The van der Waals surface area contributed by atoms with Gasteiger partial charge in [0.15, 0.2) is 0 Å². The Labute approximate surface area is 126 Å². The molecule has 1 aromatic carbocycles. The highest BCUT2D eigenvalue weighted by Crippen LogP contribution is 2.05. The Balaban J connectivity index is 1.60. The number of hydrogen-bond donors (Lipinski definition) is 1. The van der Waals surface area contributed by atoms with Gasteiger partial charge in [-0.1, -0.05) is 35.9 Å². The van der Waals surface area contributed by atoms with Crippen LogP contribution in [0.3, 0.4) is 0 Å². The van der Waals surface area contributed by atoms with Gasteiger partial charge in [0, 0.05) is 25.4 Å². The second-order valence-electron chi connectivity index (χ2n) is 5.30. The van der Waals surface area contributed by atoms with Crippen LogP contribution < -0.4 is 5.32 Å². The van der Waals surface area contributed by atoms with Crippen molar-refractivity contribution in [2.75, 3.05) is 6.54 Å². The topological polar surface area (TPSA) is 42.0 Å². The predicted octanol–water partition coefficient (Wildman–Crippen LogP) is 3.07. The molecule has 2 rings (SSSR count). The SMILES string of the molecule is Cc1ccc(CCC(=O)NCCCc2cccnc2)cc1. The van der Waals surface area contributed by atoms with Crippen LogP contribution in [0, 0.1) is 6.92 Å². The molecule has 1 N–H and O–H groups in total. The average Bonchev–Trinajstić information content (AvgIpc) is 2.52. The van der Waals surface area contributed by atoms with Crippen molar-refractivity contribution in [2.45, 2.75) is 32.6 Å². The number of nitrogens with one attached hydrogen (secondary N) is 1. The molecule has 0 aliphatic rings. The van der Waals surface area contributed by atoms with E-state index < -0.39 is 0 Å². The molecular formula is C18H22N2O. The Morgan fingerprint density at radius 2 is 1.90 bits per heavy atom. The Kier molecular flexibility index (Phi) is 5.95. The lowest BCUT2D eigenvalue weighted by molar-refractivity contribution is -0.121. The van der Waals surface area contributed by atoms with Gasteiger partial charge in [-0.05, 0) is 43.4 Å². The lowest BCUT2D eigenvalue weighted by Crippen LogP contribution is -2.24. The summed E-state index contributed by atoms with van der Waals surface area (Å²) in [5, 5.41) is 2.98. The lowest BCUT2D eigenvalue weighted by atomic mass is 10.1. The van der Waals surface area contributed by atoms with Gasteiger partial charge < -0.3 is 5.32 Å². The summed E-state index contributed by atoms with van der Waals surface area (Å²) in [5.41, 5.74) is 3.68. The number of carbonyl (C=O) groups excluding carboxylic acids is 1. The van der Waals surface area contributed by atoms with Gasteiger partial charge >= 0.3 is 0 Å². The first kappa shape index (κ1) is 15.2. The Bertz CT molecular complexity index is 549. The van der Waals surface area contributed by atoms with Gasteiger partial charge in [0.25, 0.3) is 0 Å². The van der Waals surface area contributed by atoms with Crippen molar-refractivity contribution in [1.29, 1.82) is 0 Å². The number of aromatic nitrogens is 1. The zero-order chi connectivity index (χ0) is 14.9. The van der Waals surface area contributed by atoms with Crippen LogP contribution in [0.15, 0.2) is 48.8 Å². The summed E-state index contributed by atoms with van der Waals surface area (Å²) in [4.78, 5) is 15.9. The lowest BCUT2D eigenvalue weighted by Gasteiger charge is -2.06. The van der Waals surface area contributed by atoms with E-state index in [0.717, 1.165) is 25.8 Å². The van der Waals surface area contributed by atoms with E-state index in [-0.39, 0.29) is 5.91 Å². The van der Waals surface area contributed by atoms with E-state index in [1.807, 2.05) is 12.3 Å². The third-order valence-corrected chi connectivity index (χ3v) is 3.45. The van der Waals surface area contributed by atoms with Crippen LogP contribution in [0.5, 0.6) is 0 Å². The first-order valence-corrected chi connectivity index (χ1v) is 7.45. The second-order valence-corrected chi connectivity index (χ2v) is 5.30. The fraction of sp³-hybridized carbons (Fsp3) is 0.333. The normalized spacial score (nSPS) is 10.3. The van der Waals surface area contributed by atoms with Crippen molar-refractivity contribution >= 4 is 5.91 Å². The van der Waals surface area contributed by atoms with Crippen molar-refractivity contribution in [3.8, 4) is 0 Å². The van der Waals surface area contributed by atoms with Crippen LogP contribution >= 0.6 is 0 Å². The largest absolute Gasteiger partial charge is 0.356 e. The smallest absolute Gasteiger partial charge is 0.220 e. The maximum atomic E-state index is 11.8. The summed E-state index contributed by atoms with van der Waals surface area (Å²) in [6.07, 6.45) is 6.90. The maximum Gasteiger partial charge on any atom is 0.220 e. The number of aryl methyl sites for hydroxylation is 3. The van der Waals surface area contributed by atoms with Gasteiger partial charge in [-0.15, -0.1) is 0 Å². The summed E-state index contributed by atoms with van der Waals surface area (Å²) < 4.78 is 0. The molecule has 0 saturated carbocycles. The maximum absolute atomic E-state index is 11.8. The van der Waals surface area contributed by atoms with E-state index >= 15 is 0 Å². The molecule has 1 heterocycles. The molecule has 110 valence electrons. The standard InChI is InChI=1S/C18H22N2O/c1-15-6-8-16(9-7-15)10-11-18(21)20-13-3-5-17-4-2-12-19-14-17/h2,4,6-9,12,14H,3,5,10-11,13H2,1H3,(H,20,21). The van der Waals surface area contributed by atoms with Crippen LogP contribution in [0.4, 0.5) is 0 Å². The number of pyridine rings is 1. The number of nitrogens with zero attached hydrogens (tertiary/aromatic N) is 1. The zero-order valence-electron chi connectivity index (χ0n) is 12.5. The second kappa shape index (κ2) is 8.20. The summed E-state index contributed by atoms with van der Waals surface area (Å²) in [5.74, 6) is 0.127. The molecule has 0 bridgehead atoms. The molecule has 1 aromatic heterocycles. The van der Waals surface area contributed by atoms with Gasteiger partial charge in [0.2, 0.25) is 5.91 Å². The number of amides is 1. The molecule has 0 radical (unpaired) electrons. The predicted molar refractivity (Wildman–Crippen MR) is 85.1 cm³/mol. The van der Waals surface area contributed by atoms with Crippen LogP contribution in [-0.4, -0.2) is 17.4 Å². The Hall–Kier alpha value is -2.16. The summed E-state index contributed by atoms with van der Waals surface area (Å²) in [6, 6.07) is 12.3. The molecule has 0 aliphatic carbocycles. The zero-order valence-corrected chi connectivity index (χ0v) is 12.5. The monoisotopic (exact) mass is 282 g/mol.